The summed E-state index contributed by atoms with van der Waals surface area (Å²) < 4.78 is 0. The van der Waals surface area contributed by atoms with E-state index in [1.807, 2.05) is 0 Å². The lowest BCUT2D eigenvalue weighted by atomic mass is 10.6. The average molecular weight is 116 g/mol. The highest BCUT2D eigenvalue weighted by Crippen LogP contribution is 1.61. The van der Waals surface area contributed by atoms with Gasteiger partial charge in [-0.1, -0.05) is 6.08 Å². The molecular weight excluding hydrogens is 110 g/mol. The number of hydrogen-bond acceptors (Lipinski definition) is 2. The van der Waals surface area contributed by atoms with Gasteiger partial charge in [-0.05, 0) is 0 Å². The summed E-state index contributed by atoms with van der Waals surface area (Å²) in [6.07, 6.45) is 1.57. The Labute approximate surface area is 48.0 Å². The van der Waals surface area contributed by atoms with Gasteiger partial charge in [-0.15, -0.1) is 6.58 Å². The largest absolute Gasteiger partial charge is 0.719 e. The first kappa shape index (κ1) is 6.43. The molecule has 0 aromatic heterocycles. The zero-order valence-corrected chi connectivity index (χ0v) is 4.62. The fraction of sp³-hybridized carbons (Fsp3) is 0.250. The van der Waals surface area contributed by atoms with Crippen LogP contribution < -0.4 is 5.32 Å². The minimum absolute atomic E-state index is 0.431. The summed E-state index contributed by atoms with van der Waals surface area (Å²) in [5.41, 5.74) is 0. The lowest BCUT2D eigenvalue weighted by molar-refractivity contribution is 0.262. The quantitative estimate of drug-likeness (QED) is 0.418. The molecule has 3 heteroatoms. The van der Waals surface area contributed by atoms with E-state index >= 15 is 0 Å². The van der Waals surface area contributed by atoms with E-state index in [4.69, 9.17) is 0 Å². The molecule has 7 heavy (non-hydrogen) atoms. The molecule has 0 unspecified atom stereocenters. The van der Waals surface area contributed by atoms with Gasteiger partial charge >= 0.3 is 0 Å². The molecule has 0 aromatic carbocycles. The van der Waals surface area contributed by atoms with Crippen LogP contribution in [0.5, 0.6) is 0 Å². The van der Waals surface area contributed by atoms with Gasteiger partial charge < -0.3 is 22.7 Å². The van der Waals surface area contributed by atoms with Crippen LogP contribution in [0.1, 0.15) is 0 Å². The molecule has 0 radical (unpaired) electrons. The van der Waals surface area contributed by atoms with Crippen LogP contribution >= 0.6 is 0 Å². The smallest absolute Gasteiger partial charge is 0.0983 e. The molecule has 0 fully saturated rings. The third-order valence-corrected chi connectivity index (χ3v) is 0.535. The Morgan fingerprint density at radius 3 is 2.71 bits per heavy atom. The Hall–Kier alpha value is -0.570. The van der Waals surface area contributed by atoms with E-state index in [1.165, 1.54) is 0 Å². The zero-order chi connectivity index (χ0) is 5.70. The van der Waals surface area contributed by atoms with Gasteiger partial charge in [0.15, 0.2) is 0 Å². The number of hydrogen-bond donors (Lipinski definition) is 1. The molecule has 1 N–H and O–H groups in total. The average Bonchev–Trinajstić information content (AvgIpc) is 1.61. The van der Waals surface area contributed by atoms with Crippen molar-refractivity contribution in [3.05, 3.63) is 12.7 Å². The van der Waals surface area contributed by atoms with Gasteiger partial charge in [-0.25, -0.2) is 0 Å². The van der Waals surface area contributed by atoms with Crippen molar-refractivity contribution in [2.75, 3.05) is 6.54 Å². The van der Waals surface area contributed by atoms with Crippen LogP contribution in [0.4, 0.5) is 4.79 Å². The molecule has 0 saturated carbocycles. The Kier molecular flexibility index (Phi) is 3.32. The van der Waals surface area contributed by atoms with E-state index in [2.05, 4.69) is 24.5 Å². The second kappa shape index (κ2) is 3.61. The second-order valence-corrected chi connectivity index (χ2v) is 1.33. The van der Waals surface area contributed by atoms with Crippen LogP contribution in [0.2, 0.25) is 0 Å². The maximum atomic E-state index is 9.86. The van der Waals surface area contributed by atoms with Gasteiger partial charge in [0.05, 0.1) is 5.24 Å². The predicted octanol–water partition coefficient (Wildman–Crippen LogP) is 0.429. The Morgan fingerprint density at radius 2 is 2.57 bits per heavy atom. The summed E-state index contributed by atoms with van der Waals surface area (Å²) in [5, 5.41) is 1.92. The van der Waals surface area contributed by atoms with Crippen molar-refractivity contribution in [3.63, 3.8) is 0 Å². The lowest BCUT2D eigenvalue weighted by Crippen LogP contribution is -2.18. The summed E-state index contributed by atoms with van der Waals surface area (Å²) in [6.45, 7) is 3.83. The fourth-order valence-electron chi connectivity index (χ4n) is 0.156. The molecule has 0 aliphatic carbocycles. The summed E-state index contributed by atoms with van der Waals surface area (Å²) in [7, 11) is 0. The molecular formula is C4H6NOS-. The van der Waals surface area contributed by atoms with Crippen molar-refractivity contribution in [2.45, 2.75) is 0 Å². The Morgan fingerprint density at radius 1 is 2.00 bits per heavy atom. The van der Waals surface area contributed by atoms with Crippen molar-refractivity contribution in [1.82, 2.24) is 5.32 Å². The maximum Gasteiger partial charge on any atom is 0.0983 e. The van der Waals surface area contributed by atoms with Crippen LogP contribution in [-0.4, -0.2) is 11.8 Å². The van der Waals surface area contributed by atoms with E-state index in [-0.39, 0.29) is 0 Å². The van der Waals surface area contributed by atoms with Crippen LogP contribution in [-0.2, 0) is 12.6 Å². The number of rotatable bonds is 2. The third-order valence-electron chi connectivity index (χ3n) is 0.391. The molecule has 0 aliphatic heterocycles. The van der Waals surface area contributed by atoms with Crippen LogP contribution in [0, 0.1) is 0 Å². The van der Waals surface area contributed by atoms with E-state index in [0.717, 1.165) is 0 Å². The minimum Gasteiger partial charge on any atom is -0.719 e. The van der Waals surface area contributed by atoms with Gasteiger partial charge in [0.1, 0.15) is 0 Å². The summed E-state index contributed by atoms with van der Waals surface area (Å²) in [4.78, 5) is 9.86. The van der Waals surface area contributed by atoms with E-state index in [0.29, 0.717) is 6.54 Å². The molecule has 0 heterocycles. The van der Waals surface area contributed by atoms with Gasteiger partial charge in [-0.3, -0.25) is 0 Å². The van der Waals surface area contributed by atoms with Gasteiger partial charge in [-0.2, -0.15) is 0 Å². The molecule has 0 aromatic rings. The van der Waals surface area contributed by atoms with Crippen molar-refractivity contribution in [1.29, 1.82) is 0 Å². The van der Waals surface area contributed by atoms with Crippen molar-refractivity contribution in [2.24, 2.45) is 0 Å². The molecule has 0 rings (SSSR count). The van der Waals surface area contributed by atoms with Crippen molar-refractivity contribution in [3.8, 4) is 0 Å². The number of amides is 1. The lowest BCUT2D eigenvalue weighted by Gasteiger charge is -2.01. The molecule has 2 nitrogen and oxygen atoms in total. The first-order valence-electron chi connectivity index (χ1n) is 1.83. The first-order chi connectivity index (χ1) is 3.27. The molecule has 0 saturated heterocycles. The van der Waals surface area contributed by atoms with Gasteiger partial charge in [0.25, 0.3) is 0 Å². The maximum absolute atomic E-state index is 9.86. The highest BCUT2D eigenvalue weighted by Gasteiger charge is 1.70. The van der Waals surface area contributed by atoms with Crippen LogP contribution in [0.25, 0.3) is 0 Å². The third kappa shape index (κ3) is 5.43. The van der Waals surface area contributed by atoms with Crippen LogP contribution in [0.15, 0.2) is 12.7 Å². The minimum atomic E-state index is -0.431. The van der Waals surface area contributed by atoms with Crippen molar-refractivity contribution < 1.29 is 4.79 Å². The van der Waals surface area contributed by atoms with Crippen molar-refractivity contribution >= 4 is 17.9 Å². The highest BCUT2D eigenvalue weighted by molar-refractivity contribution is 7.76. The molecule has 0 aliphatic rings. The SMILES string of the molecule is C=CCNC(=O)[S-]. The normalized spacial score (nSPS) is 7.43. The summed E-state index contributed by atoms with van der Waals surface area (Å²) in [6, 6.07) is 0. The molecule has 0 atom stereocenters. The van der Waals surface area contributed by atoms with E-state index in [9.17, 15) is 4.79 Å². The van der Waals surface area contributed by atoms with Crippen LogP contribution in [0.3, 0.4) is 0 Å². The zero-order valence-electron chi connectivity index (χ0n) is 3.81. The number of carbonyl (C=O) groups is 1. The van der Waals surface area contributed by atoms with E-state index < -0.39 is 5.24 Å². The summed E-state index contributed by atoms with van der Waals surface area (Å²) >= 11 is 4.15. The van der Waals surface area contributed by atoms with Gasteiger partial charge in [0, 0.05) is 6.54 Å². The van der Waals surface area contributed by atoms with E-state index in [1.54, 1.807) is 6.08 Å². The molecule has 0 spiro atoms. The molecule has 1 amide bonds. The highest BCUT2D eigenvalue weighted by atomic mass is 32.1. The summed E-state index contributed by atoms with van der Waals surface area (Å²) in [5.74, 6) is 0. The number of nitrogens with one attached hydrogen (secondary N) is 1. The second-order valence-electron chi connectivity index (χ2n) is 0.957. The topological polar surface area (TPSA) is 29.1 Å². The Bertz CT molecular complexity index is 81.8. The molecule has 0 bridgehead atoms. The molecule has 40 valence electrons. The monoisotopic (exact) mass is 116 g/mol. The van der Waals surface area contributed by atoms with Gasteiger partial charge in [0.2, 0.25) is 0 Å². The number of carbonyl (C=O) groups excluding carboxylic acids is 1. The Balaban J connectivity index is 2.97. The fourth-order valence-corrected chi connectivity index (χ4v) is 0.239. The predicted molar refractivity (Wildman–Crippen MR) is 31.0 cm³/mol. The first-order valence-corrected chi connectivity index (χ1v) is 2.24. The standard InChI is InChI=1S/C4H7NOS/c1-2-3-5-4(6)7/h2H,1,3H2,(H2,5,6,7)/p-1.